The van der Waals surface area contributed by atoms with Gasteiger partial charge in [-0.2, -0.15) is 4.80 Å². The van der Waals surface area contributed by atoms with Gasteiger partial charge < -0.3 is 14.6 Å². The Bertz CT molecular complexity index is 1650. The molecule has 5 aromatic rings. The lowest BCUT2D eigenvalue weighted by Gasteiger charge is -2.22. The lowest BCUT2D eigenvalue weighted by Crippen LogP contribution is -2.21. The van der Waals surface area contributed by atoms with Crippen LogP contribution in [0.15, 0.2) is 65.1 Å². The number of nitrogens with one attached hydrogen (secondary N) is 1. The van der Waals surface area contributed by atoms with Crippen LogP contribution in [0, 0.1) is 19.7 Å². The summed E-state index contributed by atoms with van der Waals surface area (Å²) in [6.45, 7) is 10.1. The molecular formula is C29H27ClFN5O2. The predicted molar refractivity (Wildman–Crippen MR) is 149 cm³/mol. The summed E-state index contributed by atoms with van der Waals surface area (Å²) < 4.78 is 19.2. The summed E-state index contributed by atoms with van der Waals surface area (Å²) in [6.07, 6.45) is 0. The van der Waals surface area contributed by atoms with Crippen LogP contribution in [0.3, 0.4) is 0 Å². The maximum absolute atomic E-state index is 13.5. The van der Waals surface area contributed by atoms with Crippen molar-refractivity contribution in [1.29, 1.82) is 0 Å². The zero-order valence-electron chi connectivity index (χ0n) is 21.5. The molecule has 7 nitrogen and oxygen atoms in total. The molecule has 3 aromatic carbocycles. The zero-order valence-corrected chi connectivity index (χ0v) is 22.3. The molecule has 0 aliphatic rings. The summed E-state index contributed by atoms with van der Waals surface area (Å²) in [4.78, 5) is 16.9. The second-order valence-corrected chi connectivity index (χ2v) is 9.44. The van der Waals surface area contributed by atoms with E-state index in [0.29, 0.717) is 22.5 Å². The number of aryl methyl sites for hydroxylation is 2. The van der Waals surface area contributed by atoms with Gasteiger partial charge in [0.25, 0.3) is 5.91 Å². The third kappa shape index (κ3) is 4.87. The Morgan fingerprint density at radius 2 is 1.71 bits per heavy atom. The summed E-state index contributed by atoms with van der Waals surface area (Å²) in [5.74, 6) is -0.404. The van der Waals surface area contributed by atoms with E-state index in [9.17, 15) is 9.18 Å². The average molecular weight is 532 g/mol. The van der Waals surface area contributed by atoms with Crippen molar-refractivity contribution in [2.24, 2.45) is 0 Å². The summed E-state index contributed by atoms with van der Waals surface area (Å²) >= 11 is 5.88. The molecule has 9 heteroatoms. The van der Waals surface area contributed by atoms with Crippen molar-refractivity contribution in [3.8, 4) is 17.0 Å². The summed E-state index contributed by atoms with van der Waals surface area (Å²) in [5.41, 5.74) is 6.51. The molecule has 194 valence electrons. The molecule has 0 unspecified atom stereocenters. The van der Waals surface area contributed by atoms with Gasteiger partial charge in [-0.25, -0.2) is 4.39 Å². The number of hydrogen-bond acceptors (Lipinski definition) is 5. The number of nitrogens with zero attached hydrogens (tertiary/aromatic N) is 4. The molecule has 0 saturated carbocycles. The topological polar surface area (TPSA) is 76.2 Å². The quantitative estimate of drug-likeness (QED) is 0.240. The number of rotatable bonds is 7. The Morgan fingerprint density at radius 1 is 0.974 bits per heavy atom. The van der Waals surface area contributed by atoms with Gasteiger partial charge in [-0.15, -0.1) is 10.2 Å². The van der Waals surface area contributed by atoms with E-state index >= 15 is 0 Å². The van der Waals surface area contributed by atoms with Crippen molar-refractivity contribution in [1.82, 2.24) is 15.0 Å². The molecule has 0 atom stereocenters. The van der Waals surface area contributed by atoms with Gasteiger partial charge in [0.2, 0.25) is 0 Å². The summed E-state index contributed by atoms with van der Waals surface area (Å²) in [7, 11) is 0. The van der Waals surface area contributed by atoms with Gasteiger partial charge >= 0.3 is 0 Å². The van der Waals surface area contributed by atoms with Gasteiger partial charge in [0.15, 0.2) is 5.76 Å². The van der Waals surface area contributed by atoms with Gasteiger partial charge in [0, 0.05) is 30.0 Å². The van der Waals surface area contributed by atoms with Crippen molar-refractivity contribution < 1.29 is 13.6 Å². The highest BCUT2D eigenvalue weighted by Crippen LogP contribution is 2.28. The molecule has 0 saturated heterocycles. The molecule has 5 rings (SSSR count). The number of benzene rings is 3. The molecule has 1 N–H and O–H groups in total. The van der Waals surface area contributed by atoms with Crippen LogP contribution in [-0.4, -0.2) is 34.0 Å². The van der Waals surface area contributed by atoms with Crippen molar-refractivity contribution >= 4 is 39.9 Å². The highest BCUT2D eigenvalue weighted by atomic mass is 35.5. The molecule has 38 heavy (non-hydrogen) atoms. The minimum Gasteiger partial charge on any atom is -0.451 e. The first-order valence-electron chi connectivity index (χ1n) is 12.4. The molecule has 0 bridgehead atoms. The number of amides is 1. The van der Waals surface area contributed by atoms with E-state index in [1.165, 1.54) is 12.1 Å². The highest BCUT2D eigenvalue weighted by Gasteiger charge is 2.17. The van der Waals surface area contributed by atoms with Gasteiger partial charge in [-0.3, -0.25) is 4.79 Å². The summed E-state index contributed by atoms with van der Waals surface area (Å²) in [5, 5.41) is 12.2. The van der Waals surface area contributed by atoms with Gasteiger partial charge in [0.1, 0.15) is 22.6 Å². The summed E-state index contributed by atoms with van der Waals surface area (Å²) in [6, 6.07) is 17.4. The second-order valence-electron chi connectivity index (χ2n) is 9.04. The number of halogens is 2. The van der Waals surface area contributed by atoms with Gasteiger partial charge in [-0.1, -0.05) is 11.6 Å². The first kappa shape index (κ1) is 25.5. The van der Waals surface area contributed by atoms with Crippen LogP contribution in [-0.2, 0) is 0 Å². The molecule has 0 spiro atoms. The standard InChI is InChI=1S/C29H27ClFN5O2/c1-5-35(6-2)20-8-10-26(18(4)13-20)36-33-24-14-17(3)23(16-25(24)34-36)32-29(37)28-12-11-27(38-28)19-7-9-22(31)21(30)15-19/h7-16H,5-6H2,1-4H3,(H,32,37). The largest absolute Gasteiger partial charge is 0.451 e. The molecule has 0 fully saturated rings. The fraction of sp³-hybridized carbons (Fsp3) is 0.207. The van der Waals surface area contributed by atoms with E-state index in [-0.39, 0.29) is 10.8 Å². The monoisotopic (exact) mass is 531 g/mol. The first-order chi connectivity index (χ1) is 18.3. The van der Waals surface area contributed by atoms with Crippen LogP contribution in [0.25, 0.3) is 28.0 Å². The smallest absolute Gasteiger partial charge is 0.291 e. The number of carbonyl (C=O) groups excluding carboxylic acids is 1. The molecule has 0 aliphatic carbocycles. The number of hydrogen-bond donors (Lipinski definition) is 1. The molecule has 1 amide bonds. The predicted octanol–water partition coefficient (Wildman–Crippen LogP) is 7.19. The van der Waals surface area contributed by atoms with E-state index in [1.807, 2.05) is 26.0 Å². The molecule has 2 aromatic heterocycles. The van der Waals surface area contributed by atoms with E-state index in [2.05, 4.69) is 46.4 Å². The molecule has 0 radical (unpaired) electrons. The van der Waals surface area contributed by atoms with Crippen LogP contribution in [0.1, 0.15) is 35.5 Å². The third-order valence-corrected chi connectivity index (χ3v) is 6.82. The number of carbonyl (C=O) groups is 1. The van der Waals surface area contributed by atoms with Crippen LogP contribution >= 0.6 is 11.6 Å². The minimum atomic E-state index is -0.519. The lowest BCUT2D eigenvalue weighted by molar-refractivity contribution is 0.0997. The average Bonchev–Trinajstić information content (AvgIpc) is 3.54. The Balaban J connectivity index is 1.39. The van der Waals surface area contributed by atoms with Gasteiger partial charge in [0.05, 0.1) is 10.7 Å². The first-order valence-corrected chi connectivity index (χ1v) is 12.8. The Labute approximate surface area is 224 Å². The number of anilines is 2. The molecular weight excluding hydrogens is 505 g/mol. The SMILES string of the molecule is CCN(CC)c1ccc(-n2nc3cc(C)c(NC(=O)c4ccc(-c5ccc(F)c(Cl)c5)o4)cc3n2)c(C)c1. The fourth-order valence-corrected chi connectivity index (χ4v) is 4.59. The van der Waals surface area contributed by atoms with Crippen LogP contribution in [0.4, 0.5) is 15.8 Å². The van der Waals surface area contributed by atoms with Crippen LogP contribution in [0.2, 0.25) is 5.02 Å². The van der Waals surface area contributed by atoms with Crippen molar-refractivity contribution in [2.75, 3.05) is 23.3 Å². The maximum Gasteiger partial charge on any atom is 0.291 e. The van der Waals surface area contributed by atoms with E-state index in [1.54, 1.807) is 29.1 Å². The second kappa shape index (κ2) is 10.3. The normalized spacial score (nSPS) is 11.2. The van der Waals surface area contributed by atoms with E-state index in [4.69, 9.17) is 16.0 Å². The van der Waals surface area contributed by atoms with Crippen molar-refractivity contribution in [3.05, 3.63) is 88.4 Å². The van der Waals surface area contributed by atoms with Crippen LogP contribution < -0.4 is 10.2 Å². The number of aromatic nitrogens is 3. The van der Waals surface area contributed by atoms with Crippen molar-refractivity contribution in [2.45, 2.75) is 27.7 Å². The van der Waals surface area contributed by atoms with Crippen LogP contribution in [0.5, 0.6) is 0 Å². The fourth-order valence-electron chi connectivity index (χ4n) is 4.41. The van der Waals surface area contributed by atoms with E-state index in [0.717, 1.165) is 41.1 Å². The number of furan rings is 1. The van der Waals surface area contributed by atoms with Crippen molar-refractivity contribution in [3.63, 3.8) is 0 Å². The Hall–Kier alpha value is -4.17. The maximum atomic E-state index is 13.5. The highest BCUT2D eigenvalue weighted by molar-refractivity contribution is 6.31. The third-order valence-electron chi connectivity index (χ3n) is 6.53. The van der Waals surface area contributed by atoms with Gasteiger partial charge in [-0.05, 0) is 99.5 Å². The Morgan fingerprint density at radius 3 is 2.39 bits per heavy atom. The molecule has 2 heterocycles. The Kier molecular flexibility index (Phi) is 6.91. The lowest BCUT2D eigenvalue weighted by atomic mass is 10.1. The van der Waals surface area contributed by atoms with E-state index < -0.39 is 11.7 Å². The minimum absolute atomic E-state index is 0.0168. The zero-order chi connectivity index (χ0) is 27.0. The molecule has 0 aliphatic heterocycles. The number of fused-ring (bicyclic) bond motifs is 1.